The number of urea groups is 1. The van der Waals surface area contributed by atoms with E-state index in [1.807, 2.05) is 17.0 Å². The minimum atomic E-state index is -0.00517. The SMILES string of the molecule is CCc1ccc(C(CNC(=O)N2CCCC2c2ccc3c(c2)OCCO3)N(C)C)cc1. The van der Waals surface area contributed by atoms with Crippen molar-refractivity contribution in [2.45, 2.75) is 38.3 Å². The Balaban J connectivity index is 1.43. The van der Waals surface area contributed by atoms with Gasteiger partial charge in [0.15, 0.2) is 11.5 Å². The third-order valence-electron chi connectivity index (χ3n) is 6.31. The van der Waals surface area contributed by atoms with Gasteiger partial charge in [-0.25, -0.2) is 4.79 Å². The largest absolute Gasteiger partial charge is 0.486 e. The Morgan fingerprint density at radius 2 is 1.87 bits per heavy atom. The van der Waals surface area contributed by atoms with Crippen LogP contribution in [0.25, 0.3) is 0 Å². The first-order valence-electron chi connectivity index (χ1n) is 11.3. The normalized spacial score (nSPS) is 18.8. The number of amides is 2. The molecule has 2 aromatic carbocycles. The van der Waals surface area contributed by atoms with E-state index in [1.54, 1.807) is 0 Å². The zero-order valence-electron chi connectivity index (χ0n) is 18.8. The molecule has 0 spiro atoms. The summed E-state index contributed by atoms with van der Waals surface area (Å²) in [6.07, 6.45) is 2.99. The lowest BCUT2D eigenvalue weighted by atomic mass is 10.0. The summed E-state index contributed by atoms with van der Waals surface area (Å²) < 4.78 is 11.4. The molecule has 2 aliphatic rings. The smallest absolute Gasteiger partial charge is 0.317 e. The highest BCUT2D eigenvalue weighted by Crippen LogP contribution is 2.38. The van der Waals surface area contributed by atoms with Gasteiger partial charge in [0.25, 0.3) is 0 Å². The third kappa shape index (κ3) is 4.79. The summed E-state index contributed by atoms with van der Waals surface area (Å²) in [6, 6.07) is 14.9. The van der Waals surface area contributed by atoms with Gasteiger partial charge in [-0.3, -0.25) is 0 Å². The van der Waals surface area contributed by atoms with Crippen LogP contribution < -0.4 is 14.8 Å². The zero-order chi connectivity index (χ0) is 21.8. The molecule has 4 rings (SSSR count). The second-order valence-corrected chi connectivity index (χ2v) is 8.52. The molecule has 2 unspecified atom stereocenters. The Kier molecular flexibility index (Phi) is 6.66. The van der Waals surface area contributed by atoms with Crippen LogP contribution in [-0.4, -0.2) is 56.2 Å². The van der Waals surface area contributed by atoms with Crippen LogP contribution in [-0.2, 0) is 6.42 Å². The van der Waals surface area contributed by atoms with Gasteiger partial charge in [-0.15, -0.1) is 0 Å². The molecular formula is C25H33N3O3. The van der Waals surface area contributed by atoms with Crippen molar-refractivity contribution in [3.63, 3.8) is 0 Å². The van der Waals surface area contributed by atoms with Crippen molar-refractivity contribution in [1.29, 1.82) is 0 Å². The van der Waals surface area contributed by atoms with Crippen LogP contribution in [0.3, 0.4) is 0 Å². The predicted molar refractivity (Wildman–Crippen MR) is 122 cm³/mol. The summed E-state index contributed by atoms with van der Waals surface area (Å²) in [4.78, 5) is 17.2. The highest BCUT2D eigenvalue weighted by Gasteiger charge is 2.31. The van der Waals surface area contributed by atoms with Crippen molar-refractivity contribution >= 4 is 6.03 Å². The Morgan fingerprint density at radius 3 is 2.58 bits per heavy atom. The molecule has 0 aliphatic carbocycles. The summed E-state index contributed by atoms with van der Waals surface area (Å²) in [5, 5.41) is 3.18. The Hall–Kier alpha value is -2.73. The van der Waals surface area contributed by atoms with Crippen molar-refractivity contribution in [2.24, 2.45) is 0 Å². The van der Waals surface area contributed by atoms with Crippen LogP contribution in [0.5, 0.6) is 11.5 Å². The van der Waals surface area contributed by atoms with Crippen molar-refractivity contribution in [1.82, 2.24) is 15.1 Å². The topological polar surface area (TPSA) is 54.0 Å². The molecule has 2 heterocycles. The third-order valence-corrected chi connectivity index (χ3v) is 6.31. The Labute approximate surface area is 185 Å². The summed E-state index contributed by atoms with van der Waals surface area (Å²) in [7, 11) is 4.11. The summed E-state index contributed by atoms with van der Waals surface area (Å²) in [5.74, 6) is 1.56. The number of rotatable bonds is 6. The number of nitrogens with zero attached hydrogens (tertiary/aromatic N) is 2. The van der Waals surface area contributed by atoms with Gasteiger partial charge in [-0.05, 0) is 62.2 Å². The number of likely N-dealkylation sites (tertiary alicyclic amines) is 1. The number of carbonyl (C=O) groups excluding carboxylic acids is 1. The van der Waals surface area contributed by atoms with Crippen LogP contribution in [0.1, 0.15) is 48.5 Å². The van der Waals surface area contributed by atoms with Crippen LogP contribution in [0, 0.1) is 0 Å². The molecule has 0 saturated carbocycles. The Morgan fingerprint density at radius 1 is 1.13 bits per heavy atom. The number of benzene rings is 2. The van der Waals surface area contributed by atoms with Gasteiger partial charge in [0.05, 0.1) is 12.1 Å². The Bertz CT molecular complexity index is 897. The fraction of sp³-hybridized carbons (Fsp3) is 0.480. The number of carbonyl (C=O) groups is 1. The van der Waals surface area contributed by atoms with E-state index in [-0.39, 0.29) is 18.1 Å². The van der Waals surface area contributed by atoms with Gasteiger partial charge in [0.2, 0.25) is 0 Å². The summed E-state index contributed by atoms with van der Waals surface area (Å²) >= 11 is 0. The van der Waals surface area contributed by atoms with E-state index in [0.29, 0.717) is 19.8 Å². The number of hydrogen-bond donors (Lipinski definition) is 1. The molecule has 6 nitrogen and oxygen atoms in total. The van der Waals surface area contributed by atoms with Crippen LogP contribution >= 0.6 is 0 Å². The summed E-state index contributed by atoms with van der Waals surface area (Å²) in [5.41, 5.74) is 3.65. The standard InChI is InChI=1S/C25H33N3O3/c1-4-18-7-9-19(10-8-18)22(27(2)3)17-26-25(29)28-13-5-6-21(28)20-11-12-23-24(16-20)31-15-14-30-23/h7-12,16,21-22H,4-6,13-15,17H2,1-3H3,(H,26,29). The molecule has 1 N–H and O–H groups in total. The number of aryl methyl sites for hydroxylation is 1. The van der Waals surface area contributed by atoms with E-state index >= 15 is 0 Å². The summed E-state index contributed by atoms with van der Waals surface area (Å²) in [6.45, 7) is 4.65. The van der Waals surface area contributed by atoms with Gasteiger partial charge in [0.1, 0.15) is 13.2 Å². The molecule has 6 heteroatoms. The lowest BCUT2D eigenvalue weighted by Gasteiger charge is -2.29. The quantitative estimate of drug-likeness (QED) is 0.758. The molecule has 31 heavy (non-hydrogen) atoms. The van der Waals surface area contributed by atoms with E-state index in [2.05, 4.69) is 61.6 Å². The molecule has 2 aromatic rings. The van der Waals surface area contributed by atoms with E-state index in [4.69, 9.17) is 9.47 Å². The van der Waals surface area contributed by atoms with E-state index < -0.39 is 0 Å². The molecule has 2 amide bonds. The first-order chi connectivity index (χ1) is 15.1. The van der Waals surface area contributed by atoms with E-state index in [0.717, 1.165) is 42.9 Å². The molecule has 1 fully saturated rings. The zero-order valence-corrected chi connectivity index (χ0v) is 18.8. The van der Waals surface area contributed by atoms with Crippen LogP contribution in [0.4, 0.5) is 4.79 Å². The molecule has 0 bridgehead atoms. The monoisotopic (exact) mass is 423 g/mol. The van der Waals surface area contributed by atoms with Gasteiger partial charge in [-0.1, -0.05) is 37.3 Å². The number of likely N-dealkylation sites (N-methyl/N-ethyl adjacent to an activating group) is 1. The average molecular weight is 424 g/mol. The minimum absolute atomic E-state index is 0.00517. The van der Waals surface area contributed by atoms with Crippen LogP contribution in [0.15, 0.2) is 42.5 Å². The maximum atomic E-state index is 13.1. The van der Waals surface area contributed by atoms with Crippen molar-refractivity contribution in [2.75, 3.05) is 40.4 Å². The van der Waals surface area contributed by atoms with E-state index in [1.165, 1.54) is 11.1 Å². The highest BCUT2D eigenvalue weighted by atomic mass is 16.6. The number of fused-ring (bicyclic) bond motifs is 1. The molecule has 166 valence electrons. The fourth-order valence-corrected chi connectivity index (χ4v) is 4.48. The number of ether oxygens (including phenoxy) is 2. The first kappa shape index (κ1) is 21.5. The van der Waals surface area contributed by atoms with Crippen molar-refractivity contribution < 1.29 is 14.3 Å². The van der Waals surface area contributed by atoms with Crippen molar-refractivity contribution in [3.05, 3.63) is 59.2 Å². The molecular weight excluding hydrogens is 390 g/mol. The van der Waals surface area contributed by atoms with E-state index in [9.17, 15) is 4.79 Å². The van der Waals surface area contributed by atoms with Crippen LogP contribution in [0.2, 0.25) is 0 Å². The molecule has 2 atom stereocenters. The van der Waals surface area contributed by atoms with Gasteiger partial charge in [-0.2, -0.15) is 0 Å². The average Bonchev–Trinajstić information content (AvgIpc) is 3.29. The molecule has 2 aliphatic heterocycles. The highest BCUT2D eigenvalue weighted by molar-refractivity contribution is 5.75. The predicted octanol–water partition coefficient (Wildman–Crippen LogP) is 4.17. The number of hydrogen-bond acceptors (Lipinski definition) is 4. The maximum absolute atomic E-state index is 13.1. The van der Waals surface area contributed by atoms with Gasteiger partial charge in [0, 0.05) is 13.1 Å². The molecule has 1 saturated heterocycles. The minimum Gasteiger partial charge on any atom is -0.486 e. The maximum Gasteiger partial charge on any atom is 0.317 e. The van der Waals surface area contributed by atoms with Gasteiger partial charge >= 0.3 is 6.03 Å². The second-order valence-electron chi connectivity index (χ2n) is 8.52. The van der Waals surface area contributed by atoms with Gasteiger partial charge < -0.3 is 24.6 Å². The molecule has 0 aromatic heterocycles. The molecule has 0 radical (unpaired) electrons. The second kappa shape index (κ2) is 9.60. The lowest BCUT2D eigenvalue weighted by Crippen LogP contribution is -2.43. The van der Waals surface area contributed by atoms with Crippen molar-refractivity contribution in [3.8, 4) is 11.5 Å². The fourth-order valence-electron chi connectivity index (χ4n) is 4.48. The lowest BCUT2D eigenvalue weighted by molar-refractivity contribution is 0.170. The number of nitrogens with one attached hydrogen (secondary N) is 1. The first-order valence-corrected chi connectivity index (χ1v) is 11.3.